The average molecular weight is 549 g/mol. The molecule has 1 aliphatic heterocycles. The number of amides is 2. The Labute approximate surface area is 234 Å². The Hall–Kier alpha value is -4.25. The van der Waals surface area contributed by atoms with E-state index in [-0.39, 0.29) is 17.6 Å². The van der Waals surface area contributed by atoms with E-state index in [0.717, 1.165) is 9.80 Å². The molecule has 1 aromatic heterocycles. The van der Waals surface area contributed by atoms with Crippen molar-refractivity contribution in [3.8, 4) is 0 Å². The van der Waals surface area contributed by atoms with Crippen LogP contribution in [-0.4, -0.2) is 87.8 Å². The Morgan fingerprint density at radius 1 is 0.900 bits per heavy atom. The number of piperazine rings is 1. The van der Waals surface area contributed by atoms with Crippen LogP contribution in [0.15, 0.2) is 66.9 Å². The topological polar surface area (TPSA) is 110 Å². The predicted molar refractivity (Wildman–Crippen MR) is 148 cm³/mol. The van der Waals surface area contributed by atoms with Gasteiger partial charge in [0.25, 0.3) is 0 Å². The quantitative estimate of drug-likeness (QED) is 0.414. The van der Waals surface area contributed by atoms with E-state index >= 15 is 0 Å². The molecule has 1 aliphatic rings. The molecule has 2 amide bonds. The Morgan fingerprint density at radius 3 is 1.95 bits per heavy atom. The lowest BCUT2D eigenvalue weighted by atomic mass is 9.96. The van der Waals surface area contributed by atoms with Gasteiger partial charge in [0.15, 0.2) is 5.69 Å². The van der Waals surface area contributed by atoms with E-state index in [9.17, 15) is 14.4 Å². The fraction of sp³-hybridized carbons (Fsp3) is 0.414. The second-order valence-electron chi connectivity index (χ2n) is 10.6. The van der Waals surface area contributed by atoms with Crippen LogP contribution < -0.4 is 5.01 Å². The summed E-state index contributed by atoms with van der Waals surface area (Å²) in [6, 6.07) is 19.7. The maximum atomic E-state index is 13.7. The maximum absolute atomic E-state index is 13.7. The van der Waals surface area contributed by atoms with Gasteiger partial charge in [0, 0.05) is 26.2 Å². The Balaban J connectivity index is 1.52. The van der Waals surface area contributed by atoms with Gasteiger partial charge >= 0.3 is 12.1 Å². The van der Waals surface area contributed by atoms with Gasteiger partial charge in [-0.2, -0.15) is 9.80 Å². The van der Waals surface area contributed by atoms with E-state index in [0.29, 0.717) is 26.2 Å². The second kappa shape index (κ2) is 12.3. The van der Waals surface area contributed by atoms with Gasteiger partial charge in [0.1, 0.15) is 11.6 Å². The van der Waals surface area contributed by atoms with Gasteiger partial charge in [-0.3, -0.25) is 9.69 Å². The molecule has 0 saturated carbocycles. The number of aromatic nitrogens is 3. The Kier molecular flexibility index (Phi) is 8.83. The first kappa shape index (κ1) is 28.8. The molecule has 0 radical (unpaired) electrons. The molecule has 11 nitrogen and oxygen atoms in total. The molecule has 1 fully saturated rings. The fourth-order valence-electron chi connectivity index (χ4n) is 4.74. The van der Waals surface area contributed by atoms with Crippen molar-refractivity contribution >= 4 is 18.0 Å². The molecular formula is C29H36N6O5. The lowest BCUT2D eigenvalue weighted by Gasteiger charge is -2.41. The van der Waals surface area contributed by atoms with E-state index < -0.39 is 23.7 Å². The van der Waals surface area contributed by atoms with Crippen molar-refractivity contribution in [3.05, 3.63) is 83.7 Å². The first-order valence-electron chi connectivity index (χ1n) is 13.2. The van der Waals surface area contributed by atoms with Crippen LogP contribution in [0.5, 0.6) is 0 Å². The normalized spacial score (nSPS) is 15.0. The van der Waals surface area contributed by atoms with Gasteiger partial charge in [0.2, 0.25) is 5.91 Å². The number of esters is 1. The van der Waals surface area contributed by atoms with Crippen LogP contribution in [-0.2, 0) is 14.3 Å². The third-order valence-corrected chi connectivity index (χ3v) is 6.62. The summed E-state index contributed by atoms with van der Waals surface area (Å²) in [7, 11) is 1.22. The van der Waals surface area contributed by atoms with Crippen molar-refractivity contribution in [1.82, 2.24) is 24.9 Å². The van der Waals surface area contributed by atoms with Crippen molar-refractivity contribution in [2.45, 2.75) is 45.4 Å². The summed E-state index contributed by atoms with van der Waals surface area (Å²) in [5.41, 5.74) is 1.45. The fourth-order valence-corrected chi connectivity index (χ4v) is 4.74. The highest BCUT2D eigenvalue weighted by Crippen LogP contribution is 2.29. The predicted octanol–water partition coefficient (Wildman–Crippen LogP) is 3.26. The molecule has 1 atom stereocenters. The smallest absolute Gasteiger partial charge is 0.431 e. The van der Waals surface area contributed by atoms with E-state index in [4.69, 9.17) is 9.47 Å². The van der Waals surface area contributed by atoms with Crippen LogP contribution in [0.25, 0.3) is 0 Å². The van der Waals surface area contributed by atoms with Gasteiger partial charge in [-0.25, -0.2) is 9.59 Å². The van der Waals surface area contributed by atoms with E-state index in [1.807, 2.05) is 36.4 Å². The highest BCUT2D eigenvalue weighted by atomic mass is 16.6. The van der Waals surface area contributed by atoms with Gasteiger partial charge in [-0.1, -0.05) is 60.7 Å². The minimum absolute atomic E-state index is 0.0576. The number of rotatable bonds is 7. The molecule has 0 N–H and O–H groups in total. The number of carbonyl (C=O) groups is 3. The molecule has 2 aromatic carbocycles. The Bertz CT molecular complexity index is 1260. The number of carbonyl (C=O) groups excluding carboxylic acids is 3. The van der Waals surface area contributed by atoms with Crippen LogP contribution in [0.2, 0.25) is 0 Å². The van der Waals surface area contributed by atoms with Crippen molar-refractivity contribution in [1.29, 1.82) is 0 Å². The first-order chi connectivity index (χ1) is 19.1. The summed E-state index contributed by atoms with van der Waals surface area (Å²) in [5.74, 6) is -0.978. The molecule has 0 spiro atoms. The van der Waals surface area contributed by atoms with Gasteiger partial charge in [-0.05, 0) is 44.0 Å². The minimum Gasteiger partial charge on any atom is -0.464 e. The van der Waals surface area contributed by atoms with Gasteiger partial charge in [-0.15, -0.1) is 5.10 Å². The summed E-state index contributed by atoms with van der Waals surface area (Å²) in [6.07, 6.45) is 0.448. The van der Waals surface area contributed by atoms with E-state index in [1.54, 1.807) is 32.6 Å². The van der Waals surface area contributed by atoms with Crippen LogP contribution in [0.1, 0.15) is 55.4 Å². The lowest BCUT2D eigenvalue weighted by Crippen LogP contribution is -2.59. The molecule has 0 aliphatic carbocycles. The zero-order valence-corrected chi connectivity index (χ0v) is 23.6. The molecule has 11 heteroatoms. The summed E-state index contributed by atoms with van der Waals surface area (Å²) >= 11 is 0. The van der Waals surface area contributed by atoms with E-state index in [1.165, 1.54) is 24.4 Å². The minimum atomic E-state index is -0.979. The maximum Gasteiger partial charge on any atom is 0.431 e. The van der Waals surface area contributed by atoms with Gasteiger partial charge < -0.3 is 14.4 Å². The molecule has 1 saturated heterocycles. The summed E-state index contributed by atoms with van der Waals surface area (Å²) in [6.45, 7) is 9.04. The molecule has 212 valence electrons. The monoisotopic (exact) mass is 548 g/mol. The third-order valence-electron chi connectivity index (χ3n) is 6.62. The molecule has 4 rings (SSSR count). The molecular weight excluding hydrogens is 512 g/mol. The van der Waals surface area contributed by atoms with Crippen LogP contribution in [0.4, 0.5) is 4.79 Å². The summed E-state index contributed by atoms with van der Waals surface area (Å²) in [5, 5.41) is 8.75. The molecule has 3 aromatic rings. The molecule has 2 heterocycles. The average Bonchev–Trinajstić information content (AvgIpc) is 3.42. The van der Waals surface area contributed by atoms with E-state index in [2.05, 4.69) is 39.5 Å². The number of nitrogens with zero attached hydrogens (tertiary/aromatic N) is 6. The second-order valence-corrected chi connectivity index (χ2v) is 10.6. The zero-order chi connectivity index (χ0) is 28.9. The molecule has 0 bridgehead atoms. The molecule has 0 unspecified atom stereocenters. The number of methoxy groups -OCH3 is 1. The number of hydrogen-bond donors (Lipinski definition) is 0. The van der Waals surface area contributed by atoms with Crippen molar-refractivity contribution < 1.29 is 23.9 Å². The SMILES string of the molecule is COC(=O)c1cn(N(C(=O)OC(C)(C)C)[C@@H](C)C(=O)N2CCN(C(c3ccccc3)c3ccccc3)CC2)nn1. The van der Waals surface area contributed by atoms with Crippen molar-refractivity contribution in [2.24, 2.45) is 0 Å². The first-order valence-corrected chi connectivity index (χ1v) is 13.2. The lowest BCUT2D eigenvalue weighted by molar-refractivity contribution is -0.134. The summed E-state index contributed by atoms with van der Waals surface area (Å²) < 4.78 is 10.3. The summed E-state index contributed by atoms with van der Waals surface area (Å²) in [4.78, 5) is 44.0. The van der Waals surface area contributed by atoms with Crippen molar-refractivity contribution in [2.75, 3.05) is 38.3 Å². The van der Waals surface area contributed by atoms with Crippen LogP contribution >= 0.6 is 0 Å². The molecule has 40 heavy (non-hydrogen) atoms. The Morgan fingerprint density at radius 2 is 1.45 bits per heavy atom. The van der Waals surface area contributed by atoms with Crippen LogP contribution in [0.3, 0.4) is 0 Å². The number of hydrogen-bond acceptors (Lipinski definition) is 8. The standard InChI is InChI=1S/C29H36N6O5/c1-21(35(28(38)40-29(2,3)4)34-20-24(30-31-34)27(37)39-5)26(36)33-18-16-32(17-19-33)25(22-12-8-6-9-13-22)23-14-10-7-11-15-23/h6-15,20-21,25H,16-19H2,1-5H3/t21-/m0/s1. The van der Waals surface area contributed by atoms with Crippen LogP contribution in [0, 0.1) is 0 Å². The third kappa shape index (κ3) is 6.66. The van der Waals surface area contributed by atoms with Gasteiger partial charge in [0.05, 0.1) is 19.3 Å². The highest BCUT2D eigenvalue weighted by Gasteiger charge is 2.37. The highest BCUT2D eigenvalue weighted by molar-refractivity contribution is 5.92. The zero-order valence-electron chi connectivity index (χ0n) is 23.6. The largest absolute Gasteiger partial charge is 0.464 e. The number of benzene rings is 2. The number of ether oxygens (including phenoxy) is 2. The van der Waals surface area contributed by atoms with Crippen molar-refractivity contribution in [3.63, 3.8) is 0 Å².